The summed E-state index contributed by atoms with van der Waals surface area (Å²) in [7, 11) is 0. The zero-order valence-corrected chi connectivity index (χ0v) is 15.2. The Morgan fingerprint density at radius 2 is 1.85 bits per heavy atom. The van der Waals surface area contributed by atoms with Gasteiger partial charge in [0.05, 0.1) is 18.5 Å². The van der Waals surface area contributed by atoms with Gasteiger partial charge in [-0.3, -0.25) is 14.5 Å². The van der Waals surface area contributed by atoms with Gasteiger partial charge in [-0.05, 0) is 33.3 Å². The summed E-state index contributed by atoms with van der Waals surface area (Å²) in [5.74, 6) is 0.194. The number of aromatic nitrogens is 5. The summed E-state index contributed by atoms with van der Waals surface area (Å²) in [5.41, 5.74) is 7.93. The third kappa shape index (κ3) is 3.85. The van der Waals surface area contributed by atoms with Crippen LogP contribution in [0, 0.1) is 27.7 Å². The topological polar surface area (TPSA) is 101 Å². The second-order valence-corrected chi connectivity index (χ2v) is 6.19. The quantitative estimate of drug-likeness (QED) is 0.541. The Balaban J connectivity index is 1.75. The lowest BCUT2D eigenvalue weighted by Gasteiger charge is -2.05. The molecule has 26 heavy (non-hydrogen) atoms. The molecular formula is C18H21N7O. The number of hydrazone groups is 1. The first-order valence-corrected chi connectivity index (χ1v) is 8.26. The molecule has 0 radical (unpaired) electrons. The molecule has 0 amide bonds. The van der Waals surface area contributed by atoms with Gasteiger partial charge in [0.15, 0.2) is 0 Å². The predicted molar refractivity (Wildman–Crippen MR) is 101 cm³/mol. The van der Waals surface area contributed by atoms with E-state index in [1.807, 2.05) is 18.5 Å². The van der Waals surface area contributed by atoms with Gasteiger partial charge in [-0.2, -0.15) is 10.2 Å². The second-order valence-electron chi connectivity index (χ2n) is 6.19. The number of hydrogen-bond donors (Lipinski definition) is 2. The normalized spacial score (nSPS) is 11.2. The van der Waals surface area contributed by atoms with E-state index in [1.165, 1.54) is 11.1 Å². The average Bonchev–Trinajstić information content (AvgIpc) is 2.87. The predicted octanol–water partition coefficient (Wildman–Crippen LogP) is 2.09. The fraction of sp³-hybridized carbons (Fsp3) is 0.278. The summed E-state index contributed by atoms with van der Waals surface area (Å²) < 4.78 is 1.95. The second kappa shape index (κ2) is 7.30. The molecule has 0 bridgehead atoms. The highest BCUT2D eigenvalue weighted by Gasteiger charge is 2.10. The lowest BCUT2D eigenvalue weighted by atomic mass is 10.1. The SMILES string of the molecule is Cc1ccc(Cn2nc(C)c(/C=N\Nc3nnc(C)c(=O)[nH]3)c2C)cc1. The zero-order valence-electron chi connectivity index (χ0n) is 15.2. The molecule has 0 unspecified atom stereocenters. The standard InChI is InChI=1S/C18H21N7O/c1-11-5-7-15(8-6-11)10-25-14(4)16(12(2)24-25)9-19-22-18-20-17(26)13(3)21-23-18/h5-9H,10H2,1-4H3,(H2,20,22,23,26)/b19-9-. The first-order chi connectivity index (χ1) is 12.4. The van der Waals surface area contributed by atoms with E-state index in [2.05, 4.69) is 62.0 Å². The number of aromatic amines is 1. The largest absolute Gasteiger partial charge is 0.288 e. The van der Waals surface area contributed by atoms with Crippen molar-refractivity contribution in [3.05, 3.63) is 68.4 Å². The van der Waals surface area contributed by atoms with Gasteiger partial charge in [0.25, 0.3) is 5.56 Å². The molecule has 2 aromatic heterocycles. The molecule has 3 rings (SSSR count). The lowest BCUT2D eigenvalue weighted by Crippen LogP contribution is -2.15. The van der Waals surface area contributed by atoms with Crippen LogP contribution in [0.1, 0.15) is 33.8 Å². The molecule has 0 atom stereocenters. The molecule has 8 heteroatoms. The van der Waals surface area contributed by atoms with E-state index in [9.17, 15) is 4.79 Å². The van der Waals surface area contributed by atoms with Crippen LogP contribution >= 0.6 is 0 Å². The number of aryl methyl sites for hydroxylation is 3. The summed E-state index contributed by atoms with van der Waals surface area (Å²) >= 11 is 0. The number of benzene rings is 1. The number of nitrogens with zero attached hydrogens (tertiary/aromatic N) is 5. The zero-order chi connectivity index (χ0) is 18.7. The lowest BCUT2D eigenvalue weighted by molar-refractivity contribution is 0.659. The van der Waals surface area contributed by atoms with Gasteiger partial charge in [0.2, 0.25) is 5.95 Å². The molecular weight excluding hydrogens is 330 g/mol. The number of hydrogen-bond acceptors (Lipinski definition) is 6. The van der Waals surface area contributed by atoms with E-state index in [0.717, 1.165) is 17.0 Å². The third-order valence-electron chi connectivity index (χ3n) is 4.12. The van der Waals surface area contributed by atoms with Crippen LogP contribution in [-0.4, -0.2) is 31.2 Å². The molecule has 2 N–H and O–H groups in total. The summed E-state index contributed by atoms with van der Waals surface area (Å²) in [6, 6.07) is 8.40. The van der Waals surface area contributed by atoms with E-state index in [1.54, 1.807) is 13.1 Å². The Kier molecular flexibility index (Phi) is 4.92. The fourth-order valence-electron chi connectivity index (χ4n) is 2.52. The highest BCUT2D eigenvalue weighted by Crippen LogP contribution is 2.13. The number of anilines is 1. The van der Waals surface area contributed by atoms with E-state index >= 15 is 0 Å². The maximum atomic E-state index is 11.5. The van der Waals surface area contributed by atoms with E-state index in [4.69, 9.17) is 0 Å². The fourth-order valence-corrected chi connectivity index (χ4v) is 2.52. The Morgan fingerprint density at radius 1 is 1.12 bits per heavy atom. The molecule has 0 saturated heterocycles. The van der Waals surface area contributed by atoms with Crippen LogP contribution < -0.4 is 11.0 Å². The summed E-state index contributed by atoms with van der Waals surface area (Å²) in [5, 5.41) is 16.3. The van der Waals surface area contributed by atoms with Gasteiger partial charge in [-0.15, -0.1) is 10.2 Å². The minimum atomic E-state index is -0.295. The van der Waals surface area contributed by atoms with Crippen LogP contribution in [0.3, 0.4) is 0 Å². The van der Waals surface area contributed by atoms with Crippen LogP contribution in [0.15, 0.2) is 34.2 Å². The molecule has 2 heterocycles. The summed E-state index contributed by atoms with van der Waals surface area (Å²) in [6.45, 7) is 8.30. The molecule has 3 aromatic rings. The minimum Gasteiger partial charge on any atom is -0.288 e. The minimum absolute atomic E-state index is 0.194. The van der Waals surface area contributed by atoms with Crippen molar-refractivity contribution in [2.45, 2.75) is 34.2 Å². The highest BCUT2D eigenvalue weighted by atomic mass is 16.1. The van der Waals surface area contributed by atoms with Crippen molar-refractivity contribution >= 4 is 12.2 Å². The molecule has 0 saturated carbocycles. The molecule has 134 valence electrons. The molecule has 1 aromatic carbocycles. The average molecular weight is 351 g/mol. The van der Waals surface area contributed by atoms with Gasteiger partial charge < -0.3 is 0 Å². The van der Waals surface area contributed by atoms with Gasteiger partial charge in [-0.25, -0.2) is 5.43 Å². The highest BCUT2D eigenvalue weighted by molar-refractivity contribution is 5.83. The maximum Gasteiger partial charge on any atom is 0.274 e. The van der Waals surface area contributed by atoms with Gasteiger partial charge >= 0.3 is 0 Å². The Morgan fingerprint density at radius 3 is 2.54 bits per heavy atom. The van der Waals surface area contributed by atoms with Crippen LogP contribution in [-0.2, 0) is 6.54 Å². The van der Waals surface area contributed by atoms with Crippen LogP contribution in [0.4, 0.5) is 5.95 Å². The number of H-pyrrole nitrogens is 1. The van der Waals surface area contributed by atoms with E-state index in [0.29, 0.717) is 12.2 Å². The number of rotatable bonds is 5. The van der Waals surface area contributed by atoms with E-state index < -0.39 is 0 Å². The first-order valence-electron chi connectivity index (χ1n) is 8.26. The maximum absolute atomic E-state index is 11.5. The molecule has 0 aliphatic rings. The van der Waals surface area contributed by atoms with Crippen molar-refractivity contribution in [1.29, 1.82) is 0 Å². The van der Waals surface area contributed by atoms with Gasteiger partial charge in [-0.1, -0.05) is 29.8 Å². The van der Waals surface area contributed by atoms with Crippen molar-refractivity contribution in [1.82, 2.24) is 25.0 Å². The smallest absolute Gasteiger partial charge is 0.274 e. The molecule has 0 aliphatic heterocycles. The van der Waals surface area contributed by atoms with Gasteiger partial charge in [0.1, 0.15) is 5.69 Å². The van der Waals surface area contributed by atoms with Crippen molar-refractivity contribution in [2.24, 2.45) is 5.10 Å². The first kappa shape index (κ1) is 17.5. The van der Waals surface area contributed by atoms with Crippen LogP contribution in [0.5, 0.6) is 0 Å². The van der Waals surface area contributed by atoms with Crippen molar-refractivity contribution in [2.75, 3.05) is 5.43 Å². The van der Waals surface area contributed by atoms with Crippen LogP contribution in [0.25, 0.3) is 0 Å². The Hall–Kier alpha value is -3.29. The van der Waals surface area contributed by atoms with Crippen molar-refractivity contribution < 1.29 is 0 Å². The third-order valence-corrected chi connectivity index (χ3v) is 4.12. The molecule has 0 fully saturated rings. The Bertz CT molecular complexity index is 999. The van der Waals surface area contributed by atoms with Gasteiger partial charge in [0, 0.05) is 11.3 Å². The number of nitrogens with one attached hydrogen (secondary N) is 2. The summed E-state index contributed by atoms with van der Waals surface area (Å²) in [4.78, 5) is 14.1. The summed E-state index contributed by atoms with van der Waals surface area (Å²) in [6.07, 6.45) is 1.67. The molecule has 8 nitrogen and oxygen atoms in total. The Labute approximate surface area is 151 Å². The molecule has 0 aliphatic carbocycles. The van der Waals surface area contributed by atoms with Crippen molar-refractivity contribution in [3.8, 4) is 0 Å². The van der Waals surface area contributed by atoms with Crippen molar-refractivity contribution in [3.63, 3.8) is 0 Å². The van der Waals surface area contributed by atoms with E-state index in [-0.39, 0.29) is 11.5 Å². The van der Waals surface area contributed by atoms with Crippen LogP contribution in [0.2, 0.25) is 0 Å². The monoisotopic (exact) mass is 351 g/mol. The molecule has 0 spiro atoms.